The molecule has 0 aliphatic carbocycles. The molecule has 0 unspecified atom stereocenters. The Bertz CT molecular complexity index is 1120. The summed E-state index contributed by atoms with van der Waals surface area (Å²) in [4.78, 5) is 4.69. The lowest BCUT2D eigenvalue weighted by Gasteiger charge is -2.22. The fourth-order valence-corrected chi connectivity index (χ4v) is 4.11. The van der Waals surface area contributed by atoms with Crippen LogP contribution in [0.4, 0.5) is 10.1 Å². The summed E-state index contributed by atoms with van der Waals surface area (Å²) >= 11 is 0. The van der Waals surface area contributed by atoms with Crippen LogP contribution in [-0.4, -0.2) is 28.4 Å². The maximum atomic E-state index is 15.0. The first-order valence-corrected chi connectivity index (χ1v) is 10.7. The summed E-state index contributed by atoms with van der Waals surface area (Å²) in [6, 6.07) is 9.80. The van der Waals surface area contributed by atoms with Crippen molar-refractivity contribution in [3.05, 3.63) is 53.1 Å². The zero-order chi connectivity index (χ0) is 22.5. The summed E-state index contributed by atoms with van der Waals surface area (Å²) in [6.45, 7) is 11.6. The van der Waals surface area contributed by atoms with E-state index in [-0.39, 0.29) is 5.82 Å². The highest BCUT2D eigenvalue weighted by molar-refractivity contribution is 5.87. The van der Waals surface area contributed by atoms with Gasteiger partial charge in [0.05, 0.1) is 11.2 Å². The Kier molecular flexibility index (Phi) is 7.25. The first-order chi connectivity index (χ1) is 14.8. The summed E-state index contributed by atoms with van der Waals surface area (Å²) in [7, 11) is 0. The van der Waals surface area contributed by atoms with Crippen molar-refractivity contribution in [2.45, 2.75) is 47.5 Å². The monoisotopic (exact) mass is 418 g/mol. The largest absolute Gasteiger partial charge is 0.317 e. The summed E-state index contributed by atoms with van der Waals surface area (Å²) in [6.07, 6.45) is 6.73. The number of rotatable bonds is 3. The smallest absolute Gasteiger partial charge is 0.149 e. The van der Waals surface area contributed by atoms with E-state index in [1.807, 2.05) is 44.3 Å². The molecule has 4 rings (SSSR count). The molecular formula is C26H31FN4. The van der Waals surface area contributed by atoms with Crippen LogP contribution in [0.3, 0.4) is 0 Å². The van der Waals surface area contributed by atoms with E-state index in [2.05, 4.69) is 39.9 Å². The molecule has 5 heteroatoms. The summed E-state index contributed by atoms with van der Waals surface area (Å²) in [5.41, 5.74) is 7.26. The van der Waals surface area contributed by atoms with Gasteiger partial charge in [-0.15, -0.1) is 12.3 Å². The van der Waals surface area contributed by atoms with Crippen molar-refractivity contribution < 1.29 is 4.39 Å². The molecule has 4 nitrogen and oxygen atoms in total. The summed E-state index contributed by atoms with van der Waals surface area (Å²) in [5, 5.41) is 7.86. The Morgan fingerprint density at radius 2 is 1.77 bits per heavy atom. The van der Waals surface area contributed by atoms with E-state index in [0.717, 1.165) is 65.2 Å². The Morgan fingerprint density at radius 3 is 2.42 bits per heavy atom. The normalized spacial score (nSPS) is 14.8. The number of halogens is 1. The van der Waals surface area contributed by atoms with Gasteiger partial charge in [0.2, 0.25) is 0 Å². The second kappa shape index (κ2) is 9.89. The Balaban J connectivity index is 0.000000858. The lowest BCUT2D eigenvalue weighted by molar-refractivity contribution is 0.455. The van der Waals surface area contributed by atoms with Gasteiger partial charge in [0.15, 0.2) is 0 Å². The fraction of sp³-hybridized carbons (Fsp3) is 0.385. The molecule has 3 aromatic rings. The SMILES string of the molecule is C#CC.CC(=Nc1c(C)cc(-c2cc(C)n3nc(C)cc3c2)cc1F)C1CCNCC1. The van der Waals surface area contributed by atoms with Gasteiger partial charge in [-0.05, 0) is 113 Å². The van der Waals surface area contributed by atoms with Crippen molar-refractivity contribution in [3.8, 4) is 23.5 Å². The average molecular weight is 419 g/mol. The van der Waals surface area contributed by atoms with E-state index >= 15 is 4.39 Å². The topological polar surface area (TPSA) is 41.7 Å². The molecule has 1 aromatic carbocycles. The second-order valence-electron chi connectivity index (χ2n) is 8.20. The van der Waals surface area contributed by atoms with Crippen LogP contribution in [-0.2, 0) is 0 Å². The molecule has 0 atom stereocenters. The minimum Gasteiger partial charge on any atom is -0.317 e. The molecular weight excluding hydrogens is 387 g/mol. The Labute approximate surface area is 184 Å². The number of nitrogens with zero attached hydrogens (tertiary/aromatic N) is 3. The van der Waals surface area contributed by atoms with Gasteiger partial charge in [-0.2, -0.15) is 5.10 Å². The van der Waals surface area contributed by atoms with Gasteiger partial charge in [-0.1, -0.05) is 0 Å². The van der Waals surface area contributed by atoms with E-state index in [1.165, 1.54) is 0 Å². The highest BCUT2D eigenvalue weighted by Gasteiger charge is 2.17. The molecule has 0 radical (unpaired) electrons. The van der Waals surface area contributed by atoms with Gasteiger partial charge in [-0.25, -0.2) is 8.91 Å². The molecule has 1 aliphatic heterocycles. The van der Waals surface area contributed by atoms with Crippen LogP contribution in [0.1, 0.15) is 43.6 Å². The quantitative estimate of drug-likeness (QED) is 0.432. The second-order valence-corrected chi connectivity index (χ2v) is 8.20. The number of aromatic nitrogens is 2. The first kappa shape index (κ1) is 22.7. The summed E-state index contributed by atoms with van der Waals surface area (Å²) in [5.74, 6) is 2.43. The molecule has 0 bridgehead atoms. The molecule has 1 saturated heterocycles. The van der Waals surface area contributed by atoms with Crippen molar-refractivity contribution in [3.63, 3.8) is 0 Å². The lowest BCUT2D eigenvalue weighted by atomic mass is 9.93. The van der Waals surface area contributed by atoms with Gasteiger partial charge in [0, 0.05) is 11.4 Å². The van der Waals surface area contributed by atoms with Crippen molar-refractivity contribution in [1.82, 2.24) is 14.9 Å². The number of benzene rings is 1. The van der Waals surface area contributed by atoms with E-state index in [1.54, 1.807) is 13.0 Å². The van der Waals surface area contributed by atoms with Crippen LogP contribution in [0.15, 0.2) is 35.3 Å². The van der Waals surface area contributed by atoms with E-state index in [9.17, 15) is 0 Å². The third kappa shape index (κ3) is 5.21. The van der Waals surface area contributed by atoms with E-state index in [4.69, 9.17) is 0 Å². The number of hydrogen-bond donors (Lipinski definition) is 1. The third-order valence-corrected chi connectivity index (χ3v) is 5.67. The van der Waals surface area contributed by atoms with Crippen LogP contribution in [0, 0.1) is 44.9 Å². The minimum absolute atomic E-state index is 0.259. The van der Waals surface area contributed by atoms with Crippen molar-refractivity contribution in [1.29, 1.82) is 0 Å². The molecule has 0 amide bonds. The van der Waals surface area contributed by atoms with Gasteiger partial charge < -0.3 is 5.32 Å². The number of nitrogens with one attached hydrogen (secondary N) is 1. The lowest BCUT2D eigenvalue weighted by Crippen LogP contribution is -2.30. The third-order valence-electron chi connectivity index (χ3n) is 5.67. The first-order valence-electron chi connectivity index (χ1n) is 10.7. The number of aliphatic imine (C=N–C) groups is 1. The number of hydrogen-bond acceptors (Lipinski definition) is 3. The highest BCUT2D eigenvalue weighted by atomic mass is 19.1. The molecule has 3 heterocycles. The van der Waals surface area contributed by atoms with Crippen molar-refractivity contribution in [2.24, 2.45) is 10.9 Å². The maximum absolute atomic E-state index is 15.0. The number of aryl methyl sites for hydroxylation is 3. The molecule has 0 spiro atoms. The predicted molar refractivity (Wildman–Crippen MR) is 128 cm³/mol. The van der Waals surface area contributed by atoms with Gasteiger partial charge in [0.25, 0.3) is 0 Å². The molecule has 31 heavy (non-hydrogen) atoms. The summed E-state index contributed by atoms with van der Waals surface area (Å²) < 4.78 is 16.9. The zero-order valence-corrected chi connectivity index (χ0v) is 19.1. The minimum atomic E-state index is -0.259. The molecule has 162 valence electrons. The predicted octanol–water partition coefficient (Wildman–Crippen LogP) is 5.80. The number of terminal acetylenes is 1. The molecule has 1 aliphatic rings. The van der Waals surface area contributed by atoms with Gasteiger partial charge >= 0.3 is 0 Å². The molecule has 1 fully saturated rings. The van der Waals surface area contributed by atoms with Crippen molar-refractivity contribution in [2.75, 3.05) is 13.1 Å². The Hall–Kier alpha value is -2.97. The average Bonchev–Trinajstić information content (AvgIpc) is 3.12. The van der Waals surface area contributed by atoms with Crippen LogP contribution < -0.4 is 5.32 Å². The van der Waals surface area contributed by atoms with Gasteiger partial charge in [0.1, 0.15) is 11.5 Å². The van der Waals surface area contributed by atoms with Crippen LogP contribution in [0.25, 0.3) is 16.6 Å². The molecule has 1 N–H and O–H groups in total. The van der Waals surface area contributed by atoms with Gasteiger partial charge in [-0.3, -0.25) is 4.99 Å². The maximum Gasteiger partial charge on any atom is 0.149 e. The standard InChI is InChI=1S/C23H27FN4.C3H4/c1-14-9-19(20-11-16(3)28-21(12-20)10-15(2)27-28)13-22(24)23(14)26-17(4)18-5-7-25-8-6-18;1-3-2/h9-13,18,25H,5-8H2,1-4H3;1H,2H3. The molecule has 0 saturated carbocycles. The zero-order valence-electron chi connectivity index (χ0n) is 19.1. The van der Waals surface area contributed by atoms with Crippen molar-refractivity contribution >= 4 is 16.9 Å². The van der Waals surface area contributed by atoms with E-state index < -0.39 is 0 Å². The van der Waals surface area contributed by atoms with Crippen LogP contribution >= 0.6 is 0 Å². The number of fused-ring (bicyclic) bond motifs is 1. The highest BCUT2D eigenvalue weighted by Crippen LogP contribution is 2.32. The number of pyridine rings is 1. The Morgan fingerprint density at radius 1 is 1.13 bits per heavy atom. The number of piperidine rings is 1. The molecule has 2 aromatic heterocycles. The van der Waals surface area contributed by atoms with Crippen LogP contribution in [0.5, 0.6) is 0 Å². The van der Waals surface area contributed by atoms with E-state index in [0.29, 0.717) is 11.6 Å². The van der Waals surface area contributed by atoms with Crippen LogP contribution in [0.2, 0.25) is 0 Å². The fourth-order valence-electron chi connectivity index (χ4n) is 4.11.